The van der Waals surface area contributed by atoms with E-state index in [9.17, 15) is 9.59 Å². The van der Waals surface area contributed by atoms with Crippen LogP contribution in [0.4, 0.5) is 0 Å². The third kappa shape index (κ3) is 5.38. The molecule has 6 heteroatoms. The van der Waals surface area contributed by atoms with Crippen molar-refractivity contribution in [2.75, 3.05) is 33.8 Å². The lowest BCUT2D eigenvalue weighted by Gasteiger charge is -2.40. The van der Waals surface area contributed by atoms with Crippen molar-refractivity contribution in [2.24, 2.45) is 5.92 Å². The summed E-state index contributed by atoms with van der Waals surface area (Å²) in [6, 6.07) is 17.6. The lowest BCUT2D eigenvalue weighted by molar-refractivity contribution is -0.142. The molecule has 0 aliphatic carbocycles. The highest BCUT2D eigenvalue weighted by Gasteiger charge is 2.35. The molecular formula is C27H35N3O3. The van der Waals surface area contributed by atoms with E-state index in [0.29, 0.717) is 25.4 Å². The predicted molar refractivity (Wildman–Crippen MR) is 129 cm³/mol. The first-order valence-corrected chi connectivity index (χ1v) is 12.0. The largest absolute Gasteiger partial charge is 0.497 e. The van der Waals surface area contributed by atoms with Crippen molar-refractivity contribution in [3.63, 3.8) is 0 Å². The maximum absolute atomic E-state index is 13.5. The van der Waals surface area contributed by atoms with Crippen molar-refractivity contribution in [1.82, 2.24) is 15.1 Å². The number of amides is 2. The lowest BCUT2D eigenvalue weighted by atomic mass is 9.84. The van der Waals surface area contributed by atoms with Crippen molar-refractivity contribution < 1.29 is 14.3 Å². The van der Waals surface area contributed by atoms with Gasteiger partial charge in [0.1, 0.15) is 11.8 Å². The third-order valence-corrected chi connectivity index (χ3v) is 7.04. The van der Waals surface area contributed by atoms with Crippen LogP contribution in [0.5, 0.6) is 5.75 Å². The number of methoxy groups -OCH3 is 1. The number of hydrogen-bond donors (Lipinski definition) is 1. The highest BCUT2D eigenvalue weighted by molar-refractivity contribution is 5.89. The molecule has 0 saturated carbocycles. The Kier molecular flexibility index (Phi) is 7.65. The van der Waals surface area contributed by atoms with Crippen LogP contribution in [-0.4, -0.2) is 55.4 Å². The van der Waals surface area contributed by atoms with E-state index >= 15 is 0 Å². The normalized spacial score (nSPS) is 22.6. The van der Waals surface area contributed by atoms with Gasteiger partial charge in [0.15, 0.2) is 0 Å². The number of likely N-dealkylation sites (tertiary alicyclic amines) is 2. The number of nitrogens with one attached hydrogen (secondary N) is 1. The molecule has 2 saturated heterocycles. The van der Waals surface area contributed by atoms with Crippen LogP contribution in [0.2, 0.25) is 0 Å². The molecule has 0 spiro atoms. The van der Waals surface area contributed by atoms with Crippen LogP contribution in [0.25, 0.3) is 0 Å². The molecule has 2 fully saturated rings. The Hall–Kier alpha value is -2.86. The maximum Gasteiger partial charge on any atom is 0.247 e. The van der Waals surface area contributed by atoms with E-state index in [1.807, 2.05) is 42.5 Å². The molecule has 3 atom stereocenters. The molecule has 33 heavy (non-hydrogen) atoms. The van der Waals surface area contributed by atoms with Gasteiger partial charge in [0, 0.05) is 25.6 Å². The molecule has 2 aliphatic heterocycles. The first kappa shape index (κ1) is 23.3. The summed E-state index contributed by atoms with van der Waals surface area (Å²) in [7, 11) is 3.83. The Morgan fingerprint density at radius 1 is 1.06 bits per heavy atom. The fourth-order valence-corrected chi connectivity index (χ4v) is 5.34. The third-order valence-electron chi connectivity index (χ3n) is 7.04. The Labute approximate surface area is 196 Å². The summed E-state index contributed by atoms with van der Waals surface area (Å²) in [5.74, 6) is 1.13. The molecule has 0 radical (unpaired) electrons. The summed E-state index contributed by atoms with van der Waals surface area (Å²) in [6.07, 6.45) is 4.52. The van der Waals surface area contributed by atoms with Crippen LogP contribution in [-0.2, 0) is 9.59 Å². The van der Waals surface area contributed by atoms with Crippen molar-refractivity contribution in [3.8, 4) is 5.75 Å². The summed E-state index contributed by atoms with van der Waals surface area (Å²) in [4.78, 5) is 30.3. The standard InChI is InChI=1S/C27H35N3O3/c1-29-17-8-11-22(25(29)21-13-15-23(33-2)16-14-21)19-28-27(32)26(20-9-4-3-5-10-20)30-18-7-6-12-24(30)31/h3-5,9-10,13-16,22,25-26H,6-8,11-12,17-19H2,1-2H3,(H,28,32). The number of piperidine rings is 2. The number of carbonyl (C=O) groups is 2. The number of nitrogens with zero attached hydrogens (tertiary/aromatic N) is 2. The van der Waals surface area contributed by atoms with Gasteiger partial charge in [0.05, 0.1) is 7.11 Å². The highest BCUT2D eigenvalue weighted by Crippen LogP contribution is 2.35. The molecule has 3 unspecified atom stereocenters. The number of rotatable bonds is 7. The fraction of sp³-hybridized carbons (Fsp3) is 0.481. The maximum atomic E-state index is 13.5. The Morgan fingerprint density at radius 3 is 2.52 bits per heavy atom. The zero-order valence-electron chi connectivity index (χ0n) is 19.7. The molecule has 2 aliphatic rings. The number of carbonyl (C=O) groups excluding carboxylic acids is 2. The topological polar surface area (TPSA) is 61.9 Å². The summed E-state index contributed by atoms with van der Waals surface area (Å²) in [5.41, 5.74) is 2.11. The number of ether oxygens (including phenoxy) is 1. The zero-order chi connectivity index (χ0) is 23.2. The Bertz CT molecular complexity index is 931. The first-order valence-electron chi connectivity index (χ1n) is 12.0. The van der Waals surface area contributed by atoms with Gasteiger partial charge >= 0.3 is 0 Å². The summed E-state index contributed by atoms with van der Waals surface area (Å²) in [5, 5.41) is 3.23. The average Bonchev–Trinajstić information content (AvgIpc) is 2.85. The molecule has 0 aromatic heterocycles. The van der Waals surface area contributed by atoms with E-state index in [-0.39, 0.29) is 17.9 Å². The second-order valence-electron chi connectivity index (χ2n) is 9.20. The summed E-state index contributed by atoms with van der Waals surface area (Å²) < 4.78 is 5.32. The van der Waals surface area contributed by atoms with E-state index in [1.54, 1.807) is 12.0 Å². The van der Waals surface area contributed by atoms with Crippen molar-refractivity contribution in [2.45, 2.75) is 44.2 Å². The second-order valence-corrected chi connectivity index (χ2v) is 9.20. The van der Waals surface area contributed by atoms with Crippen molar-refractivity contribution >= 4 is 11.8 Å². The highest BCUT2D eigenvalue weighted by atomic mass is 16.5. The molecule has 4 rings (SSSR count). The smallest absolute Gasteiger partial charge is 0.247 e. The van der Waals surface area contributed by atoms with Gasteiger partial charge in [-0.3, -0.25) is 14.5 Å². The van der Waals surface area contributed by atoms with Crippen LogP contribution in [0, 0.1) is 5.92 Å². The minimum absolute atomic E-state index is 0.0683. The molecular weight excluding hydrogens is 414 g/mol. The van der Waals surface area contributed by atoms with Crippen LogP contribution in [0.15, 0.2) is 54.6 Å². The molecule has 2 amide bonds. The summed E-state index contributed by atoms with van der Waals surface area (Å²) >= 11 is 0. The molecule has 6 nitrogen and oxygen atoms in total. The monoisotopic (exact) mass is 449 g/mol. The fourth-order valence-electron chi connectivity index (χ4n) is 5.34. The van der Waals surface area contributed by atoms with E-state index < -0.39 is 6.04 Å². The number of benzene rings is 2. The zero-order valence-corrected chi connectivity index (χ0v) is 19.7. The van der Waals surface area contributed by atoms with Gasteiger partial charge in [-0.1, -0.05) is 42.5 Å². The van der Waals surface area contributed by atoms with Crippen molar-refractivity contribution in [3.05, 3.63) is 65.7 Å². The van der Waals surface area contributed by atoms with E-state index in [1.165, 1.54) is 5.56 Å². The van der Waals surface area contributed by atoms with Crippen LogP contribution < -0.4 is 10.1 Å². The molecule has 2 heterocycles. The lowest BCUT2D eigenvalue weighted by Crippen LogP contribution is -2.48. The quantitative estimate of drug-likeness (QED) is 0.695. The number of hydrogen-bond acceptors (Lipinski definition) is 4. The van der Waals surface area contributed by atoms with Gasteiger partial charge < -0.3 is 15.0 Å². The van der Waals surface area contributed by atoms with Gasteiger partial charge in [-0.25, -0.2) is 0 Å². The predicted octanol–water partition coefficient (Wildman–Crippen LogP) is 3.95. The molecule has 2 aromatic carbocycles. The van der Waals surface area contributed by atoms with Crippen LogP contribution >= 0.6 is 0 Å². The van der Waals surface area contributed by atoms with Gasteiger partial charge in [-0.15, -0.1) is 0 Å². The van der Waals surface area contributed by atoms with E-state index in [4.69, 9.17) is 4.74 Å². The van der Waals surface area contributed by atoms with Gasteiger partial charge in [-0.2, -0.15) is 0 Å². The summed E-state index contributed by atoms with van der Waals surface area (Å²) in [6.45, 7) is 2.26. The SMILES string of the molecule is COc1ccc(C2C(CNC(=O)C(c3ccccc3)N3CCCCC3=O)CCCN2C)cc1. The first-order chi connectivity index (χ1) is 16.1. The molecule has 176 valence electrons. The van der Waals surface area contributed by atoms with E-state index in [0.717, 1.165) is 43.5 Å². The van der Waals surface area contributed by atoms with Gasteiger partial charge in [0.2, 0.25) is 11.8 Å². The second kappa shape index (κ2) is 10.8. The minimum atomic E-state index is -0.570. The molecule has 2 aromatic rings. The Balaban J connectivity index is 1.50. The van der Waals surface area contributed by atoms with Gasteiger partial charge in [0.25, 0.3) is 0 Å². The van der Waals surface area contributed by atoms with Gasteiger partial charge in [-0.05, 0) is 68.5 Å². The van der Waals surface area contributed by atoms with Crippen LogP contribution in [0.3, 0.4) is 0 Å². The molecule has 1 N–H and O–H groups in total. The minimum Gasteiger partial charge on any atom is -0.497 e. The van der Waals surface area contributed by atoms with E-state index in [2.05, 4.69) is 29.4 Å². The molecule has 0 bridgehead atoms. The van der Waals surface area contributed by atoms with Crippen LogP contribution in [0.1, 0.15) is 55.3 Å². The average molecular weight is 450 g/mol. The van der Waals surface area contributed by atoms with Crippen molar-refractivity contribution in [1.29, 1.82) is 0 Å². The Morgan fingerprint density at radius 2 is 1.82 bits per heavy atom.